The summed E-state index contributed by atoms with van der Waals surface area (Å²) in [7, 11) is 0. The van der Waals surface area contributed by atoms with Crippen molar-refractivity contribution in [2.45, 2.75) is 13.0 Å². The van der Waals surface area contributed by atoms with E-state index in [1.807, 2.05) is 61.7 Å². The molecule has 2 aromatic carbocycles. The van der Waals surface area contributed by atoms with Gasteiger partial charge in [0, 0.05) is 27.7 Å². The van der Waals surface area contributed by atoms with Gasteiger partial charge in [0.15, 0.2) is 0 Å². The van der Waals surface area contributed by atoms with Crippen LogP contribution >= 0.6 is 11.6 Å². The Morgan fingerprint density at radius 2 is 1.95 bits per heavy atom. The number of benzene rings is 2. The molecule has 106 valence electrons. The number of rotatable bonds is 3. The van der Waals surface area contributed by atoms with Gasteiger partial charge in [0.2, 0.25) is 0 Å². The first-order valence-electron chi connectivity index (χ1n) is 6.78. The Hall–Kier alpha value is -2.26. The minimum atomic E-state index is -0.152. The van der Waals surface area contributed by atoms with Crippen molar-refractivity contribution in [1.82, 2.24) is 10.3 Å². The van der Waals surface area contributed by atoms with E-state index < -0.39 is 0 Å². The fourth-order valence-electron chi connectivity index (χ4n) is 2.46. The van der Waals surface area contributed by atoms with E-state index >= 15 is 0 Å². The van der Waals surface area contributed by atoms with Crippen molar-refractivity contribution in [1.29, 1.82) is 0 Å². The van der Waals surface area contributed by atoms with Crippen LogP contribution in [0.15, 0.2) is 54.7 Å². The molecular weight excluding hydrogens is 284 g/mol. The van der Waals surface area contributed by atoms with Crippen LogP contribution in [-0.4, -0.2) is 10.9 Å². The van der Waals surface area contributed by atoms with Gasteiger partial charge in [-0.25, -0.2) is 0 Å². The lowest BCUT2D eigenvalue weighted by molar-refractivity contribution is 0.0941. The molecule has 1 heterocycles. The van der Waals surface area contributed by atoms with Crippen LogP contribution in [0.25, 0.3) is 10.9 Å². The third-order valence-electron chi connectivity index (χ3n) is 3.56. The van der Waals surface area contributed by atoms with Crippen LogP contribution in [0.4, 0.5) is 0 Å². The highest BCUT2D eigenvalue weighted by molar-refractivity contribution is 6.31. The zero-order valence-electron chi connectivity index (χ0n) is 11.6. The quantitative estimate of drug-likeness (QED) is 0.743. The molecule has 1 unspecified atom stereocenters. The second-order valence-electron chi connectivity index (χ2n) is 4.96. The highest BCUT2D eigenvalue weighted by atomic mass is 35.5. The average Bonchev–Trinajstić information content (AvgIpc) is 2.95. The summed E-state index contributed by atoms with van der Waals surface area (Å²) in [5.74, 6) is -0.104. The second-order valence-corrected chi connectivity index (χ2v) is 5.37. The summed E-state index contributed by atoms with van der Waals surface area (Å²) < 4.78 is 0. The zero-order valence-corrected chi connectivity index (χ0v) is 12.3. The fourth-order valence-corrected chi connectivity index (χ4v) is 2.76. The predicted molar refractivity (Wildman–Crippen MR) is 85.6 cm³/mol. The number of carbonyl (C=O) groups is 1. The van der Waals surface area contributed by atoms with Crippen molar-refractivity contribution in [2.75, 3.05) is 0 Å². The Morgan fingerprint density at radius 1 is 1.14 bits per heavy atom. The summed E-state index contributed by atoms with van der Waals surface area (Å²) >= 11 is 6.17. The van der Waals surface area contributed by atoms with Gasteiger partial charge in [0.25, 0.3) is 5.91 Å². The van der Waals surface area contributed by atoms with Crippen LogP contribution in [0, 0.1) is 0 Å². The maximum Gasteiger partial charge on any atom is 0.252 e. The molecule has 21 heavy (non-hydrogen) atoms. The van der Waals surface area contributed by atoms with Gasteiger partial charge in [0.05, 0.1) is 6.04 Å². The lowest BCUT2D eigenvalue weighted by Crippen LogP contribution is -2.26. The van der Waals surface area contributed by atoms with Gasteiger partial charge in [-0.3, -0.25) is 4.79 Å². The predicted octanol–water partition coefficient (Wildman–Crippen LogP) is 4.31. The number of hydrogen-bond donors (Lipinski definition) is 2. The summed E-state index contributed by atoms with van der Waals surface area (Å²) in [6.45, 7) is 1.93. The normalized spacial score (nSPS) is 12.3. The summed E-state index contributed by atoms with van der Waals surface area (Å²) in [5.41, 5.74) is 2.52. The molecule has 3 nitrogen and oxygen atoms in total. The molecule has 0 fully saturated rings. The van der Waals surface area contributed by atoms with Crippen LogP contribution in [-0.2, 0) is 0 Å². The number of amides is 1. The third kappa shape index (κ3) is 2.65. The highest BCUT2D eigenvalue weighted by Crippen LogP contribution is 2.23. The fraction of sp³-hybridized carbons (Fsp3) is 0.118. The first kappa shape index (κ1) is 13.7. The third-order valence-corrected chi connectivity index (χ3v) is 3.90. The first-order chi connectivity index (χ1) is 10.2. The molecule has 0 radical (unpaired) electrons. The van der Waals surface area contributed by atoms with Crippen LogP contribution in [0.1, 0.15) is 28.9 Å². The van der Waals surface area contributed by atoms with Crippen molar-refractivity contribution in [3.8, 4) is 0 Å². The number of halogens is 1. The van der Waals surface area contributed by atoms with E-state index in [2.05, 4.69) is 10.3 Å². The van der Waals surface area contributed by atoms with Crippen molar-refractivity contribution < 1.29 is 4.79 Å². The van der Waals surface area contributed by atoms with Gasteiger partial charge in [-0.1, -0.05) is 35.9 Å². The number of aromatic amines is 1. The Bertz CT molecular complexity index is 794. The Labute approximate surface area is 127 Å². The minimum absolute atomic E-state index is 0.104. The molecule has 4 heteroatoms. The van der Waals surface area contributed by atoms with E-state index in [9.17, 15) is 4.79 Å². The van der Waals surface area contributed by atoms with Gasteiger partial charge in [-0.2, -0.15) is 0 Å². The van der Waals surface area contributed by atoms with Gasteiger partial charge in [-0.05, 0) is 36.8 Å². The molecular formula is C17H15ClN2O. The number of H-pyrrole nitrogens is 1. The summed E-state index contributed by atoms with van der Waals surface area (Å²) in [4.78, 5) is 15.6. The molecule has 1 atom stereocenters. The molecule has 0 bridgehead atoms. The van der Waals surface area contributed by atoms with E-state index in [1.165, 1.54) is 0 Å². The van der Waals surface area contributed by atoms with Crippen molar-refractivity contribution in [2.24, 2.45) is 0 Å². The topological polar surface area (TPSA) is 44.9 Å². The summed E-state index contributed by atoms with van der Waals surface area (Å²) in [6, 6.07) is 14.9. The van der Waals surface area contributed by atoms with Gasteiger partial charge >= 0.3 is 0 Å². The average molecular weight is 299 g/mol. The molecule has 0 spiro atoms. The number of carbonyl (C=O) groups excluding carboxylic acids is 1. The molecule has 0 saturated heterocycles. The summed E-state index contributed by atoms with van der Waals surface area (Å²) in [6.07, 6.45) is 1.83. The van der Waals surface area contributed by atoms with E-state index in [1.54, 1.807) is 0 Å². The molecule has 0 saturated carbocycles. The molecule has 0 aliphatic carbocycles. The Balaban J connectivity index is 1.87. The SMILES string of the molecule is CC(NC(=O)c1cccc2[nH]ccc12)c1ccccc1Cl. The van der Waals surface area contributed by atoms with Crippen molar-refractivity contribution >= 4 is 28.4 Å². The Kier molecular flexibility index (Phi) is 3.67. The van der Waals surface area contributed by atoms with Gasteiger partial charge in [-0.15, -0.1) is 0 Å². The molecule has 3 aromatic rings. The van der Waals surface area contributed by atoms with E-state index in [-0.39, 0.29) is 11.9 Å². The zero-order chi connectivity index (χ0) is 14.8. The lowest BCUT2D eigenvalue weighted by atomic mass is 10.1. The smallest absolute Gasteiger partial charge is 0.252 e. The molecule has 0 aliphatic rings. The monoisotopic (exact) mass is 298 g/mol. The van der Waals surface area contributed by atoms with E-state index in [0.29, 0.717) is 10.6 Å². The van der Waals surface area contributed by atoms with E-state index in [0.717, 1.165) is 16.5 Å². The molecule has 2 N–H and O–H groups in total. The van der Waals surface area contributed by atoms with E-state index in [4.69, 9.17) is 11.6 Å². The van der Waals surface area contributed by atoms with Crippen molar-refractivity contribution in [3.05, 3.63) is 70.9 Å². The maximum absolute atomic E-state index is 12.5. The number of nitrogens with one attached hydrogen (secondary N) is 2. The summed E-state index contributed by atoms with van der Waals surface area (Å²) in [5, 5.41) is 4.57. The standard InChI is InChI=1S/C17H15ClN2O/c1-11(12-5-2-3-7-15(12)18)20-17(21)14-6-4-8-16-13(14)9-10-19-16/h2-11,19H,1H3,(H,20,21). The van der Waals surface area contributed by atoms with Gasteiger partial charge < -0.3 is 10.3 Å². The van der Waals surface area contributed by atoms with Crippen LogP contribution in [0.3, 0.4) is 0 Å². The molecule has 1 amide bonds. The van der Waals surface area contributed by atoms with Crippen LogP contribution < -0.4 is 5.32 Å². The number of fused-ring (bicyclic) bond motifs is 1. The minimum Gasteiger partial charge on any atom is -0.361 e. The van der Waals surface area contributed by atoms with Crippen LogP contribution in [0.5, 0.6) is 0 Å². The first-order valence-corrected chi connectivity index (χ1v) is 7.16. The molecule has 1 aromatic heterocycles. The number of aromatic nitrogens is 1. The molecule has 0 aliphatic heterocycles. The largest absolute Gasteiger partial charge is 0.361 e. The molecule has 3 rings (SSSR count). The van der Waals surface area contributed by atoms with Gasteiger partial charge in [0.1, 0.15) is 0 Å². The maximum atomic E-state index is 12.5. The number of hydrogen-bond acceptors (Lipinski definition) is 1. The van der Waals surface area contributed by atoms with Crippen molar-refractivity contribution in [3.63, 3.8) is 0 Å². The van der Waals surface area contributed by atoms with Crippen LogP contribution in [0.2, 0.25) is 5.02 Å². The highest BCUT2D eigenvalue weighted by Gasteiger charge is 2.15. The Morgan fingerprint density at radius 3 is 2.76 bits per heavy atom. The lowest BCUT2D eigenvalue weighted by Gasteiger charge is -2.16. The second kappa shape index (κ2) is 5.62.